The number of benzene rings is 2. The number of carbonyl (C=O) groups excluding carboxylic acids is 1. The third kappa shape index (κ3) is 3.62. The Balaban J connectivity index is 2.29. The second kappa shape index (κ2) is 7.04. The summed E-state index contributed by atoms with van der Waals surface area (Å²) in [5, 5.41) is 13.7. The highest BCUT2D eigenvalue weighted by atomic mass is 16.4. The van der Waals surface area contributed by atoms with E-state index in [1.54, 1.807) is 18.2 Å². The van der Waals surface area contributed by atoms with Crippen LogP contribution in [0.15, 0.2) is 36.4 Å². The van der Waals surface area contributed by atoms with E-state index >= 15 is 0 Å². The highest BCUT2D eigenvalue weighted by Crippen LogP contribution is 2.22. The van der Waals surface area contributed by atoms with Crippen LogP contribution < -0.4 is 5.32 Å². The fraction of sp³-hybridized carbons (Fsp3) is 0.294. The molecule has 0 aliphatic heterocycles. The van der Waals surface area contributed by atoms with Gasteiger partial charge in [0.25, 0.3) is 5.91 Å². The van der Waals surface area contributed by atoms with Crippen molar-refractivity contribution in [2.24, 2.45) is 0 Å². The molecule has 0 spiro atoms. The number of rotatable bonds is 6. The minimum absolute atomic E-state index is 0.0313. The zero-order valence-corrected chi connectivity index (χ0v) is 12.8. The number of aromatic carboxylic acids is 1. The first-order valence-corrected chi connectivity index (χ1v) is 7.18. The Morgan fingerprint density at radius 3 is 2.55 bits per heavy atom. The maximum Gasteiger partial charge on any atom is 0.336 e. The van der Waals surface area contributed by atoms with Gasteiger partial charge in [0, 0.05) is 6.54 Å². The SMILES string of the molecule is CN(C)CCCNC(=O)c1c(C(=O)O)ccc2ccccc12. The van der Waals surface area contributed by atoms with Crippen molar-refractivity contribution < 1.29 is 14.7 Å². The molecule has 2 rings (SSSR count). The summed E-state index contributed by atoms with van der Waals surface area (Å²) in [4.78, 5) is 25.9. The lowest BCUT2D eigenvalue weighted by Gasteiger charge is -2.12. The predicted octanol–water partition coefficient (Wildman–Crippen LogP) is 2.22. The Morgan fingerprint density at radius 2 is 1.86 bits per heavy atom. The van der Waals surface area contributed by atoms with Crippen molar-refractivity contribution in [3.8, 4) is 0 Å². The maximum atomic E-state index is 12.4. The fourth-order valence-corrected chi connectivity index (χ4v) is 2.38. The Hall–Kier alpha value is -2.40. The van der Waals surface area contributed by atoms with E-state index in [9.17, 15) is 14.7 Å². The molecule has 0 bridgehead atoms. The minimum Gasteiger partial charge on any atom is -0.478 e. The van der Waals surface area contributed by atoms with Crippen molar-refractivity contribution in [2.75, 3.05) is 27.2 Å². The van der Waals surface area contributed by atoms with Gasteiger partial charge in [-0.1, -0.05) is 30.3 Å². The van der Waals surface area contributed by atoms with E-state index in [1.165, 1.54) is 6.07 Å². The number of carbonyl (C=O) groups is 2. The number of fused-ring (bicyclic) bond motifs is 1. The van der Waals surface area contributed by atoms with Crippen LogP contribution in [0.3, 0.4) is 0 Å². The molecule has 0 saturated carbocycles. The molecule has 2 aromatic rings. The summed E-state index contributed by atoms with van der Waals surface area (Å²) in [6.45, 7) is 1.38. The Bertz CT molecular complexity index is 695. The number of nitrogens with zero attached hydrogens (tertiary/aromatic N) is 1. The molecular formula is C17H20N2O3. The van der Waals surface area contributed by atoms with Crippen LogP contribution in [-0.2, 0) is 0 Å². The van der Waals surface area contributed by atoms with Gasteiger partial charge in [-0.05, 0) is 43.9 Å². The van der Waals surface area contributed by atoms with E-state index in [0.717, 1.165) is 18.4 Å². The molecule has 5 nitrogen and oxygen atoms in total. The first kappa shape index (κ1) is 16.0. The second-order valence-electron chi connectivity index (χ2n) is 5.43. The molecule has 5 heteroatoms. The molecule has 0 atom stereocenters. The Morgan fingerprint density at radius 1 is 1.14 bits per heavy atom. The summed E-state index contributed by atoms with van der Waals surface area (Å²) < 4.78 is 0. The highest BCUT2D eigenvalue weighted by Gasteiger charge is 2.19. The maximum absolute atomic E-state index is 12.4. The van der Waals surface area contributed by atoms with Crippen molar-refractivity contribution in [1.29, 1.82) is 0 Å². The van der Waals surface area contributed by atoms with Crippen molar-refractivity contribution in [3.05, 3.63) is 47.5 Å². The molecule has 0 aliphatic carbocycles. The molecule has 0 unspecified atom stereocenters. The number of hydrogen-bond acceptors (Lipinski definition) is 3. The van der Waals surface area contributed by atoms with Crippen molar-refractivity contribution in [1.82, 2.24) is 10.2 Å². The summed E-state index contributed by atoms with van der Waals surface area (Å²) >= 11 is 0. The molecule has 1 amide bonds. The molecular weight excluding hydrogens is 280 g/mol. The van der Waals surface area contributed by atoms with Crippen LogP contribution in [-0.4, -0.2) is 49.1 Å². The molecule has 2 N–H and O–H groups in total. The standard InChI is InChI=1S/C17H20N2O3/c1-19(2)11-5-10-18-16(20)15-13-7-4-3-6-12(13)8-9-14(15)17(21)22/h3-4,6-9H,5,10-11H2,1-2H3,(H,18,20)(H,21,22). The molecule has 0 radical (unpaired) electrons. The quantitative estimate of drug-likeness (QED) is 0.803. The topological polar surface area (TPSA) is 69.6 Å². The molecule has 0 aromatic heterocycles. The zero-order chi connectivity index (χ0) is 16.1. The first-order chi connectivity index (χ1) is 10.5. The smallest absolute Gasteiger partial charge is 0.336 e. The minimum atomic E-state index is -1.09. The summed E-state index contributed by atoms with van der Waals surface area (Å²) in [7, 11) is 3.93. The van der Waals surface area contributed by atoms with E-state index in [-0.39, 0.29) is 17.0 Å². The molecule has 116 valence electrons. The number of amides is 1. The van der Waals surface area contributed by atoms with E-state index in [2.05, 4.69) is 5.32 Å². The van der Waals surface area contributed by atoms with E-state index in [4.69, 9.17) is 0 Å². The lowest BCUT2D eigenvalue weighted by Crippen LogP contribution is -2.28. The first-order valence-electron chi connectivity index (χ1n) is 7.18. The summed E-state index contributed by atoms with van der Waals surface area (Å²) in [5.74, 6) is -1.43. The summed E-state index contributed by atoms with van der Waals surface area (Å²) in [6, 6.07) is 10.5. The molecule has 0 fully saturated rings. The van der Waals surface area contributed by atoms with Gasteiger partial charge in [-0.2, -0.15) is 0 Å². The lowest BCUT2D eigenvalue weighted by atomic mass is 9.98. The van der Waals surface area contributed by atoms with E-state index in [1.807, 2.05) is 31.1 Å². The van der Waals surface area contributed by atoms with Gasteiger partial charge in [-0.15, -0.1) is 0 Å². The average Bonchev–Trinajstić information content (AvgIpc) is 2.49. The monoisotopic (exact) mass is 300 g/mol. The van der Waals surface area contributed by atoms with Crippen LogP contribution in [0.1, 0.15) is 27.1 Å². The van der Waals surface area contributed by atoms with Crippen LogP contribution >= 0.6 is 0 Å². The van der Waals surface area contributed by atoms with Crippen molar-refractivity contribution in [3.63, 3.8) is 0 Å². The van der Waals surface area contributed by atoms with Gasteiger partial charge < -0.3 is 15.3 Å². The molecule has 0 saturated heterocycles. The lowest BCUT2D eigenvalue weighted by molar-refractivity contribution is 0.0691. The molecule has 2 aromatic carbocycles. The Kier molecular flexibility index (Phi) is 5.12. The third-order valence-corrected chi connectivity index (χ3v) is 3.45. The largest absolute Gasteiger partial charge is 0.478 e. The van der Waals surface area contributed by atoms with Gasteiger partial charge in [0.15, 0.2) is 0 Å². The van der Waals surface area contributed by atoms with Gasteiger partial charge in [-0.25, -0.2) is 4.79 Å². The van der Waals surface area contributed by atoms with Gasteiger partial charge in [0.1, 0.15) is 0 Å². The van der Waals surface area contributed by atoms with Gasteiger partial charge in [-0.3, -0.25) is 4.79 Å². The fourth-order valence-electron chi connectivity index (χ4n) is 2.38. The highest BCUT2D eigenvalue weighted by molar-refractivity contribution is 6.14. The van der Waals surface area contributed by atoms with E-state index < -0.39 is 5.97 Å². The zero-order valence-electron chi connectivity index (χ0n) is 12.8. The van der Waals surface area contributed by atoms with Gasteiger partial charge in [0.05, 0.1) is 11.1 Å². The molecule has 0 aliphatic rings. The van der Waals surface area contributed by atoms with E-state index in [0.29, 0.717) is 11.9 Å². The van der Waals surface area contributed by atoms with Gasteiger partial charge >= 0.3 is 5.97 Å². The predicted molar refractivity (Wildman–Crippen MR) is 86.4 cm³/mol. The van der Waals surface area contributed by atoms with Crippen LogP contribution in [0.5, 0.6) is 0 Å². The number of carboxylic acid groups (broad SMARTS) is 1. The van der Waals surface area contributed by atoms with Crippen LogP contribution in [0, 0.1) is 0 Å². The number of nitrogens with one attached hydrogen (secondary N) is 1. The number of carboxylic acids is 1. The second-order valence-corrected chi connectivity index (χ2v) is 5.43. The van der Waals surface area contributed by atoms with Crippen molar-refractivity contribution >= 4 is 22.6 Å². The number of hydrogen-bond donors (Lipinski definition) is 2. The van der Waals surface area contributed by atoms with Crippen molar-refractivity contribution in [2.45, 2.75) is 6.42 Å². The van der Waals surface area contributed by atoms with Gasteiger partial charge in [0.2, 0.25) is 0 Å². The molecule has 0 heterocycles. The van der Waals surface area contributed by atoms with Crippen LogP contribution in [0.4, 0.5) is 0 Å². The molecule has 22 heavy (non-hydrogen) atoms. The Labute approximate surface area is 129 Å². The van der Waals surface area contributed by atoms with Crippen LogP contribution in [0.2, 0.25) is 0 Å². The van der Waals surface area contributed by atoms with Crippen LogP contribution in [0.25, 0.3) is 10.8 Å². The average molecular weight is 300 g/mol. The normalized spacial score (nSPS) is 10.9. The summed E-state index contributed by atoms with van der Waals surface area (Å²) in [6.07, 6.45) is 0.811. The third-order valence-electron chi connectivity index (χ3n) is 3.45. The summed E-state index contributed by atoms with van der Waals surface area (Å²) in [5.41, 5.74) is 0.263.